The lowest BCUT2D eigenvalue weighted by molar-refractivity contribution is -0.384. The number of hydrogen-bond acceptors (Lipinski definition) is 5. The summed E-state index contributed by atoms with van der Waals surface area (Å²) in [7, 11) is 0. The molecule has 2 saturated heterocycles. The quantitative estimate of drug-likeness (QED) is 0.461. The molecule has 0 aliphatic carbocycles. The molecule has 170 valence electrons. The molecule has 8 heteroatoms. The maximum absolute atomic E-state index is 13.9. The molecule has 1 unspecified atom stereocenters. The number of nitrogens with zero attached hydrogens (tertiary/aromatic N) is 3. The van der Waals surface area contributed by atoms with E-state index in [-0.39, 0.29) is 24.1 Å². The van der Waals surface area contributed by atoms with Gasteiger partial charge in [-0.2, -0.15) is 0 Å². The molecule has 1 amide bonds. The van der Waals surface area contributed by atoms with Gasteiger partial charge in [0.15, 0.2) is 0 Å². The molecule has 4 rings (SSSR count). The Morgan fingerprint density at radius 1 is 1.22 bits per heavy atom. The van der Waals surface area contributed by atoms with Crippen molar-refractivity contribution in [1.29, 1.82) is 0 Å². The number of benzene rings is 2. The summed E-state index contributed by atoms with van der Waals surface area (Å²) >= 11 is 0. The summed E-state index contributed by atoms with van der Waals surface area (Å²) in [5.74, 6) is 0.157. The highest BCUT2D eigenvalue weighted by Crippen LogP contribution is 2.37. The Balaban J connectivity index is 1.64. The first-order chi connectivity index (χ1) is 15.2. The van der Waals surface area contributed by atoms with Crippen molar-refractivity contribution >= 4 is 17.5 Å². The molecule has 2 heterocycles. The summed E-state index contributed by atoms with van der Waals surface area (Å²) in [6.07, 6.45) is 1.10. The lowest BCUT2D eigenvalue weighted by atomic mass is 9.98. The van der Waals surface area contributed by atoms with E-state index in [9.17, 15) is 19.3 Å². The van der Waals surface area contributed by atoms with Gasteiger partial charge < -0.3 is 9.64 Å². The number of rotatable bonds is 5. The number of carbonyl (C=O) groups excluding carboxylic acids is 1. The highest BCUT2D eigenvalue weighted by Gasteiger charge is 2.40. The highest BCUT2D eigenvalue weighted by molar-refractivity contribution is 5.72. The standard InChI is InChI=1S/C24H28FN3O4/c1-15-5-4-8-26(13-15)22-7-6-21(28(30)31)12-19(22)14-27-17(3)23(32-24(27)29)18-9-16(2)10-20(25)11-18/h6-7,9-12,15,17,23H,4-5,8,13-14H2,1-3H3/t15?,17-,23-/m0/s1. The van der Waals surface area contributed by atoms with Crippen molar-refractivity contribution in [3.63, 3.8) is 0 Å². The molecule has 0 aromatic heterocycles. The molecule has 0 spiro atoms. The number of ether oxygens (including phenoxy) is 1. The number of nitro groups is 1. The molecule has 7 nitrogen and oxygen atoms in total. The van der Waals surface area contributed by atoms with Crippen LogP contribution in [0.1, 0.15) is 49.5 Å². The molecule has 2 aromatic rings. The Hall–Kier alpha value is -3.16. The molecule has 2 aliphatic heterocycles. The average Bonchev–Trinajstić information content (AvgIpc) is 3.01. The van der Waals surface area contributed by atoms with Gasteiger partial charge in [0.05, 0.1) is 17.5 Å². The molecule has 3 atom stereocenters. The second-order valence-corrected chi connectivity index (χ2v) is 9.00. The van der Waals surface area contributed by atoms with Crippen LogP contribution in [0.15, 0.2) is 36.4 Å². The van der Waals surface area contributed by atoms with Gasteiger partial charge in [-0.1, -0.05) is 13.0 Å². The lowest BCUT2D eigenvalue weighted by Crippen LogP contribution is -2.36. The monoisotopic (exact) mass is 441 g/mol. The zero-order valence-electron chi connectivity index (χ0n) is 18.6. The third-order valence-corrected chi connectivity index (χ3v) is 6.40. The van der Waals surface area contributed by atoms with Crippen LogP contribution in [0, 0.1) is 28.8 Å². The molecule has 2 fully saturated rings. The van der Waals surface area contributed by atoms with Gasteiger partial charge in [-0.05, 0) is 61.9 Å². The molecule has 0 N–H and O–H groups in total. The minimum Gasteiger partial charge on any atom is -0.439 e. The van der Waals surface area contributed by atoms with Crippen LogP contribution in [0.25, 0.3) is 0 Å². The lowest BCUT2D eigenvalue weighted by Gasteiger charge is -2.34. The van der Waals surface area contributed by atoms with Crippen LogP contribution in [-0.2, 0) is 11.3 Å². The van der Waals surface area contributed by atoms with Crippen molar-refractivity contribution in [2.45, 2.75) is 52.3 Å². The van der Waals surface area contributed by atoms with Gasteiger partial charge >= 0.3 is 6.09 Å². The first-order valence-corrected chi connectivity index (χ1v) is 11.0. The third kappa shape index (κ3) is 4.40. The maximum Gasteiger partial charge on any atom is 0.411 e. The Morgan fingerprint density at radius 2 is 2.00 bits per heavy atom. The average molecular weight is 442 g/mol. The highest BCUT2D eigenvalue weighted by atomic mass is 19.1. The SMILES string of the molecule is Cc1cc(F)cc([C@H]2OC(=O)N(Cc3cc([N+](=O)[O-])ccc3N3CCCC(C)C3)[C@H]2C)c1. The van der Waals surface area contributed by atoms with Crippen molar-refractivity contribution < 1.29 is 18.8 Å². The first-order valence-electron chi connectivity index (χ1n) is 11.0. The molecular weight excluding hydrogens is 413 g/mol. The number of halogens is 1. The minimum absolute atomic E-state index is 0.00803. The van der Waals surface area contributed by atoms with E-state index in [2.05, 4.69) is 11.8 Å². The largest absolute Gasteiger partial charge is 0.439 e. The van der Waals surface area contributed by atoms with Gasteiger partial charge in [-0.15, -0.1) is 0 Å². The van der Waals surface area contributed by atoms with E-state index in [1.54, 1.807) is 24.0 Å². The predicted octanol–water partition coefficient (Wildman–Crippen LogP) is 5.36. The molecule has 0 radical (unpaired) electrons. The van der Waals surface area contributed by atoms with Crippen LogP contribution in [0.4, 0.5) is 20.6 Å². The second-order valence-electron chi connectivity index (χ2n) is 9.00. The molecule has 2 aromatic carbocycles. The second kappa shape index (κ2) is 8.76. The molecule has 0 saturated carbocycles. The number of hydrogen-bond donors (Lipinski definition) is 0. The van der Waals surface area contributed by atoms with E-state index in [1.165, 1.54) is 18.2 Å². The van der Waals surface area contributed by atoms with Gasteiger partial charge in [-0.3, -0.25) is 15.0 Å². The topological polar surface area (TPSA) is 75.9 Å². The summed E-state index contributed by atoms with van der Waals surface area (Å²) in [6, 6.07) is 9.13. The Bertz CT molecular complexity index is 1020. The molecule has 2 aliphatic rings. The first kappa shape index (κ1) is 22.0. The van der Waals surface area contributed by atoms with Gasteiger partial charge in [-0.25, -0.2) is 9.18 Å². The maximum atomic E-state index is 13.9. The van der Waals surface area contributed by atoms with Crippen LogP contribution in [0.5, 0.6) is 0 Å². The van der Waals surface area contributed by atoms with Gasteiger partial charge in [0.1, 0.15) is 11.9 Å². The van der Waals surface area contributed by atoms with Crippen molar-refractivity contribution in [2.24, 2.45) is 5.92 Å². The fourth-order valence-corrected chi connectivity index (χ4v) is 4.80. The zero-order chi connectivity index (χ0) is 23.0. The number of carbonyl (C=O) groups is 1. The van der Waals surface area contributed by atoms with Gasteiger partial charge in [0, 0.05) is 36.5 Å². The number of cyclic esters (lactones) is 1. The Kier molecular flexibility index (Phi) is 6.04. The van der Waals surface area contributed by atoms with Crippen LogP contribution in [0.2, 0.25) is 0 Å². The third-order valence-electron chi connectivity index (χ3n) is 6.40. The normalized spacial score (nSPS) is 23.4. The van der Waals surface area contributed by atoms with Crippen molar-refractivity contribution in [3.05, 3.63) is 69.0 Å². The number of aryl methyl sites for hydroxylation is 1. The van der Waals surface area contributed by atoms with Gasteiger partial charge in [0.25, 0.3) is 5.69 Å². The molecular formula is C24H28FN3O4. The summed E-state index contributed by atoms with van der Waals surface area (Å²) in [6.45, 7) is 7.78. The zero-order valence-corrected chi connectivity index (χ0v) is 18.6. The van der Waals surface area contributed by atoms with E-state index < -0.39 is 17.1 Å². The van der Waals surface area contributed by atoms with Crippen LogP contribution >= 0.6 is 0 Å². The smallest absolute Gasteiger partial charge is 0.411 e. The van der Waals surface area contributed by atoms with Crippen LogP contribution < -0.4 is 4.90 Å². The number of anilines is 1. The minimum atomic E-state index is -0.603. The summed E-state index contributed by atoms with van der Waals surface area (Å²) < 4.78 is 19.5. The number of nitro benzene ring substituents is 1. The fraction of sp³-hybridized carbons (Fsp3) is 0.458. The van der Waals surface area contributed by atoms with E-state index in [0.717, 1.165) is 37.2 Å². The molecule has 0 bridgehead atoms. The number of amides is 1. The molecule has 32 heavy (non-hydrogen) atoms. The van der Waals surface area contributed by atoms with E-state index in [1.807, 2.05) is 13.0 Å². The fourth-order valence-electron chi connectivity index (χ4n) is 4.80. The van der Waals surface area contributed by atoms with Crippen LogP contribution in [0.3, 0.4) is 0 Å². The van der Waals surface area contributed by atoms with Crippen molar-refractivity contribution in [1.82, 2.24) is 4.90 Å². The Morgan fingerprint density at radius 3 is 2.69 bits per heavy atom. The predicted molar refractivity (Wildman–Crippen MR) is 119 cm³/mol. The summed E-state index contributed by atoms with van der Waals surface area (Å²) in [4.78, 5) is 27.6. The van der Waals surface area contributed by atoms with E-state index in [4.69, 9.17) is 4.74 Å². The van der Waals surface area contributed by atoms with Crippen molar-refractivity contribution in [2.75, 3.05) is 18.0 Å². The summed E-state index contributed by atoms with van der Waals surface area (Å²) in [5, 5.41) is 11.4. The van der Waals surface area contributed by atoms with Crippen molar-refractivity contribution in [3.8, 4) is 0 Å². The van der Waals surface area contributed by atoms with Gasteiger partial charge in [0.2, 0.25) is 0 Å². The van der Waals surface area contributed by atoms with E-state index >= 15 is 0 Å². The Labute approximate surface area is 186 Å². The van der Waals surface area contributed by atoms with E-state index in [0.29, 0.717) is 17.0 Å². The summed E-state index contributed by atoms with van der Waals surface area (Å²) in [5.41, 5.74) is 2.98. The van der Waals surface area contributed by atoms with Crippen LogP contribution in [-0.4, -0.2) is 35.0 Å². The number of non-ortho nitro benzene ring substituents is 1. The number of piperidine rings is 1.